The van der Waals surface area contributed by atoms with Crippen LogP contribution < -0.4 is 5.73 Å². The number of nitrogens with two attached hydrogens (primary N) is 1. The van der Waals surface area contributed by atoms with Gasteiger partial charge in [-0.05, 0) is 13.3 Å². The first-order chi connectivity index (χ1) is 6.24. The second kappa shape index (κ2) is 5.34. The van der Waals surface area contributed by atoms with E-state index >= 15 is 0 Å². The lowest BCUT2D eigenvalue weighted by atomic mass is 10.3. The van der Waals surface area contributed by atoms with Crippen LogP contribution >= 0.6 is 11.8 Å². The predicted octanol–water partition coefficient (Wildman–Crippen LogP) is 1.03. The Labute approximate surface area is 82.5 Å². The van der Waals surface area contributed by atoms with E-state index in [0.29, 0.717) is 23.6 Å². The molecule has 13 heavy (non-hydrogen) atoms. The van der Waals surface area contributed by atoms with Crippen molar-refractivity contribution in [1.29, 1.82) is 0 Å². The van der Waals surface area contributed by atoms with Crippen LogP contribution in [0.3, 0.4) is 0 Å². The van der Waals surface area contributed by atoms with Crippen molar-refractivity contribution < 1.29 is 9.94 Å². The van der Waals surface area contributed by atoms with Gasteiger partial charge in [-0.15, -0.1) is 0 Å². The van der Waals surface area contributed by atoms with Crippen LogP contribution in [0.25, 0.3) is 0 Å². The zero-order chi connectivity index (χ0) is 9.68. The van der Waals surface area contributed by atoms with Crippen molar-refractivity contribution in [3.05, 3.63) is 0 Å². The van der Waals surface area contributed by atoms with E-state index in [1.807, 2.05) is 11.8 Å². The SMILES string of the molecule is CC1OCCC1SCCC(N)=NO. The summed E-state index contributed by atoms with van der Waals surface area (Å²) in [5.41, 5.74) is 5.35. The van der Waals surface area contributed by atoms with Crippen LogP contribution in [0, 0.1) is 0 Å². The van der Waals surface area contributed by atoms with Gasteiger partial charge in [-0.2, -0.15) is 11.8 Å². The van der Waals surface area contributed by atoms with Gasteiger partial charge in [0.15, 0.2) is 0 Å². The average molecular weight is 204 g/mol. The average Bonchev–Trinajstić information content (AvgIpc) is 2.52. The maximum absolute atomic E-state index is 8.31. The van der Waals surface area contributed by atoms with Crippen molar-refractivity contribution in [2.75, 3.05) is 12.4 Å². The minimum Gasteiger partial charge on any atom is -0.409 e. The molecule has 0 bridgehead atoms. The highest BCUT2D eigenvalue weighted by molar-refractivity contribution is 7.99. The molecule has 1 saturated heterocycles. The lowest BCUT2D eigenvalue weighted by Gasteiger charge is -2.12. The van der Waals surface area contributed by atoms with Crippen molar-refractivity contribution in [2.24, 2.45) is 10.9 Å². The summed E-state index contributed by atoms with van der Waals surface area (Å²) in [7, 11) is 0. The Morgan fingerprint density at radius 2 is 2.54 bits per heavy atom. The van der Waals surface area contributed by atoms with E-state index in [2.05, 4.69) is 12.1 Å². The first-order valence-corrected chi connectivity index (χ1v) is 5.48. The van der Waals surface area contributed by atoms with E-state index in [0.717, 1.165) is 18.8 Å². The number of nitrogens with zero attached hydrogens (tertiary/aromatic N) is 1. The van der Waals surface area contributed by atoms with Crippen molar-refractivity contribution in [3.63, 3.8) is 0 Å². The fourth-order valence-corrected chi connectivity index (χ4v) is 2.54. The summed E-state index contributed by atoms with van der Waals surface area (Å²) in [6, 6.07) is 0. The standard InChI is InChI=1S/C8H16N2O2S/c1-6-7(2-4-12-6)13-5-3-8(9)10-11/h6-7,11H,2-5H2,1H3,(H2,9,10). The van der Waals surface area contributed by atoms with Crippen LogP contribution in [0.1, 0.15) is 19.8 Å². The van der Waals surface area contributed by atoms with Crippen LogP contribution in [0.2, 0.25) is 0 Å². The third-order valence-corrected chi connectivity index (χ3v) is 3.61. The summed E-state index contributed by atoms with van der Waals surface area (Å²) < 4.78 is 5.42. The molecule has 1 aliphatic rings. The molecular formula is C8H16N2O2S. The number of thioether (sulfide) groups is 1. The fourth-order valence-electron chi connectivity index (χ4n) is 1.30. The summed E-state index contributed by atoms with van der Waals surface area (Å²) in [5, 5.41) is 11.8. The quantitative estimate of drug-likeness (QED) is 0.311. The Balaban J connectivity index is 2.12. The molecule has 3 N–H and O–H groups in total. The summed E-state index contributed by atoms with van der Waals surface area (Å²) in [5.74, 6) is 1.20. The number of ether oxygens (including phenoxy) is 1. The molecule has 0 aromatic carbocycles. The lowest BCUT2D eigenvalue weighted by molar-refractivity contribution is 0.127. The number of oxime groups is 1. The third-order valence-electron chi connectivity index (χ3n) is 2.13. The number of hydrogen-bond acceptors (Lipinski definition) is 4. The maximum Gasteiger partial charge on any atom is 0.139 e. The van der Waals surface area contributed by atoms with Crippen molar-refractivity contribution >= 4 is 17.6 Å². The van der Waals surface area contributed by atoms with Gasteiger partial charge in [0.2, 0.25) is 0 Å². The monoisotopic (exact) mass is 204 g/mol. The Morgan fingerprint density at radius 3 is 3.08 bits per heavy atom. The number of hydrogen-bond donors (Lipinski definition) is 2. The van der Waals surface area contributed by atoms with Gasteiger partial charge in [0.05, 0.1) is 6.10 Å². The fraction of sp³-hybridized carbons (Fsp3) is 0.875. The van der Waals surface area contributed by atoms with E-state index in [-0.39, 0.29) is 0 Å². The predicted molar refractivity (Wildman–Crippen MR) is 54.3 cm³/mol. The largest absolute Gasteiger partial charge is 0.409 e. The number of amidine groups is 1. The van der Waals surface area contributed by atoms with Gasteiger partial charge >= 0.3 is 0 Å². The highest BCUT2D eigenvalue weighted by atomic mass is 32.2. The molecule has 2 atom stereocenters. The highest BCUT2D eigenvalue weighted by Crippen LogP contribution is 2.26. The molecule has 1 heterocycles. The normalized spacial score (nSPS) is 29.5. The highest BCUT2D eigenvalue weighted by Gasteiger charge is 2.23. The minimum absolute atomic E-state index is 0.305. The van der Waals surface area contributed by atoms with Gasteiger partial charge in [0.25, 0.3) is 0 Å². The second-order valence-electron chi connectivity index (χ2n) is 3.12. The van der Waals surface area contributed by atoms with Gasteiger partial charge in [-0.25, -0.2) is 0 Å². The van der Waals surface area contributed by atoms with E-state index in [4.69, 9.17) is 15.7 Å². The Hall–Kier alpha value is -0.420. The third kappa shape index (κ3) is 3.44. The minimum atomic E-state index is 0.305. The molecular weight excluding hydrogens is 188 g/mol. The van der Waals surface area contributed by atoms with Crippen LogP contribution in [-0.4, -0.2) is 34.8 Å². The molecule has 4 nitrogen and oxygen atoms in total. The van der Waals surface area contributed by atoms with E-state index < -0.39 is 0 Å². The first kappa shape index (κ1) is 10.7. The molecule has 1 fully saturated rings. The van der Waals surface area contributed by atoms with Crippen molar-refractivity contribution in [3.8, 4) is 0 Å². The molecule has 2 unspecified atom stereocenters. The molecule has 0 radical (unpaired) electrons. The molecule has 0 amide bonds. The van der Waals surface area contributed by atoms with Gasteiger partial charge in [-0.3, -0.25) is 0 Å². The molecule has 0 aromatic rings. The van der Waals surface area contributed by atoms with Gasteiger partial charge in [0.1, 0.15) is 5.84 Å². The molecule has 0 aliphatic carbocycles. The van der Waals surface area contributed by atoms with Crippen molar-refractivity contribution in [1.82, 2.24) is 0 Å². The summed E-state index contributed by atoms with van der Waals surface area (Å²) in [4.78, 5) is 0. The van der Waals surface area contributed by atoms with E-state index in [9.17, 15) is 0 Å². The molecule has 5 heteroatoms. The Bertz CT molecular complexity index is 187. The lowest BCUT2D eigenvalue weighted by Crippen LogP contribution is -2.17. The number of rotatable bonds is 4. The molecule has 0 saturated carbocycles. The first-order valence-electron chi connectivity index (χ1n) is 4.43. The Kier molecular flexibility index (Phi) is 4.38. The van der Waals surface area contributed by atoms with E-state index in [1.165, 1.54) is 0 Å². The van der Waals surface area contributed by atoms with Crippen LogP contribution in [0.15, 0.2) is 5.16 Å². The molecule has 1 rings (SSSR count). The van der Waals surface area contributed by atoms with Crippen LogP contribution in [0.5, 0.6) is 0 Å². The summed E-state index contributed by atoms with van der Waals surface area (Å²) >= 11 is 1.84. The smallest absolute Gasteiger partial charge is 0.139 e. The second-order valence-corrected chi connectivity index (χ2v) is 4.46. The van der Waals surface area contributed by atoms with E-state index in [1.54, 1.807) is 0 Å². The maximum atomic E-state index is 8.31. The van der Waals surface area contributed by atoms with Crippen LogP contribution in [0.4, 0.5) is 0 Å². The van der Waals surface area contributed by atoms with Gasteiger partial charge in [-0.1, -0.05) is 5.16 Å². The van der Waals surface area contributed by atoms with Crippen molar-refractivity contribution in [2.45, 2.75) is 31.1 Å². The van der Waals surface area contributed by atoms with Gasteiger partial charge in [0, 0.05) is 24.0 Å². The Morgan fingerprint density at radius 1 is 1.77 bits per heavy atom. The summed E-state index contributed by atoms with van der Waals surface area (Å²) in [6.07, 6.45) is 2.10. The molecule has 76 valence electrons. The molecule has 0 spiro atoms. The molecule has 0 aromatic heterocycles. The van der Waals surface area contributed by atoms with Gasteiger partial charge < -0.3 is 15.7 Å². The molecule has 1 aliphatic heterocycles. The zero-order valence-corrected chi connectivity index (χ0v) is 8.59. The van der Waals surface area contributed by atoms with Crippen LogP contribution in [-0.2, 0) is 4.74 Å². The topological polar surface area (TPSA) is 67.8 Å². The zero-order valence-electron chi connectivity index (χ0n) is 7.77. The summed E-state index contributed by atoms with van der Waals surface area (Å²) in [6.45, 7) is 2.95.